The van der Waals surface area contributed by atoms with Gasteiger partial charge in [0.15, 0.2) is 0 Å². The summed E-state index contributed by atoms with van der Waals surface area (Å²) in [4.78, 5) is 28.5. The fourth-order valence-corrected chi connectivity index (χ4v) is 3.40. The molecule has 1 aromatic heterocycles. The van der Waals surface area contributed by atoms with Gasteiger partial charge in [0, 0.05) is 45.1 Å². The van der Waals surface area contributed by atoms with Gasteiger partial charge in [-0.05, 0) is 27.2 Å². The van der Waals surface area contributed by atoms with E-state index in [0.717, 1.165) is 0 Å². The molecule has 0 unspecified atom stereocenters. The average molecular weight is 425 g/mol. The molecule has 3 amide bonds. The van der Waals surface area contributed by atoms with Gasteiger partial charge in [-0.1, -0.05) is 12.1 Å². The van der Waals surface area contributed by atoms with Crippen LogP contribution in [0.5, 0.6) is 0 Å². The Kier molecular flexibility index (Phi) is 9.04. The number of hydrogen-bond acceptors (Lipinski definition) is 6. The summed E-state index contributed by atoms with van der Waals surface area (Å²) in [6.07, 6.45) is 2.52. The number of carbonyl (C=O) groups is 2. The van der Waals surface area contributed by atoms with E-state index in [1.165, 1.54) is 0 Å². The van der Waals surface area contributed by atoms with Crippen molar-refractivity contribution < 1.29 is 19.4 Å². The number of aromatic nitrogens is 3. The lowest BCUT2D eigenvalue weighted by Gasteiger charge is -2.35. The highest BCUT2D eigenvalue weighted by Crippen LogP contribution is 2.17. The van der Waals surface area contributed by atoms with Crippen LogP contribution in [0.3, 0.4) is 0 Å². The lowest BCUT2D eigenvalue weighted by atomic mass is 10.0. The molecule has 0 aliphatic carbocycles. The zero-order valence-electron chi connectivity index (χ0n) is 18.7. The number of fused-ring (bicyclic) bond motifs is 2. The molecule has 0 radical (unpaired) electrons. The third-order valence-electron chi connectivity index (χ3n) is 5.26. The highest BCUT2D eigenvalue weighted by atomic mass is 16.5. The van der Waals surface area contributed by atoms with Crippen molar-refractivity contribution in [3.63, 3.8) is 0 Å². The van der Waals surface area contributed by atoms with E-state index in [1.54, 1.807) is 21.5 Å². The van der Waals surface area contributed by atoms with Gasteiger partial charge in [0.1, 0.15) is 5.69 Å². The number of amides is 3. The Labute approximate surface area is 178 Å². The zero-order valence-corrected chi connectivity index (χ0v) is 18.7. The fourth-order valence-electron chi connectivity index (χ4n) is 3.40. The van der Waals surface area contributed by atoms with Crippen LogP contribution in [-0.4, -0.2) is 86.8 Å². The molecular weight excluding hydrogens is 388 g/mol. The van der Waals surface area contributed by atoms with Gasteiger partial charge in [0.2, 0.25) is 5.91 Å². The lowest BCUT2D eigenvalue weighted by Crippen LogP contribution is -2.49. The number of hydrogen-bond donors (Lipinski definition) is 2. The highest BCUT2D eigenvalue weighted by Gasteiger charge is 2.28. The van der Waals surface area contributed by atoms with Crippen LogP contribution in [0.15, 0.2) is 6.20 Å². The standard InChI is InChI=1S/C20H36N6O4/c1-14(2)21-20(29)24(5)11-18-15(3)9-26(16(4)12-27)19(28)7-6-8-25-10-17(13-30-18)22-23-25/h10,14-16,18,27H,6-9,11-13H2,1-5H3,(H,21,29)/t15-,16+,18+/m1/s1. The Morgan fingerprint density at radius 3 is 2.83 bits per heavy atom. The number of nitrogens with one attached hydrogen (secondary N) is 1. The minimum atomic E-state index is -0.319. The monoisotopic (exact) mass is 424 g/mol. The first kappa shape index (κ1) is 24.1. The van der Waals surface area contributed by atoms with Crippen LogP contribution in [0, 0.1) is 5.92 Å². The Hall–Kier alpha value is -2.20. The number of aliphatic hydroxyl groups excluding tert-OH is 1. The van der Waals surface area contributed by atoms with Crippen molar-refractivity contribution in [3.8, 4) is 0 Å². The van der Waals surface area contributed by atoms with Crippen molar-refractivity contribution >= 4 is 11.9 Å². The SMILES string of the molecule is CC(C)NC(=O)N(C)C[C@@H]1OCc2cn(nn2)CCCC(=O)N([C@@H](C)CO)C[C@H]1C. The molecule has 1 aromatic rings. The second-order valence-electron chi connectivity index (χ2n) is 8.47. The Morgan fingerprint density at radius 2 is 2.17 bits per heavy atom. The molecule has 3 atom stereocenters. The number of nitrogens with zero attached hydrogens (tertiary/aromatic N) is 5. The van der Waals surface area contributed by atoms with Crippen LogP contribution >= 0.6 is 0 Å². The third kappa shape index (κ3) is 6.94. The fraction of sp³-hybridized carbons (Fsp3) is 0.800. The van der Waals surface area contributed by atoms with Gasteiger partial charge in [-0.3, -0.25) is 9.48 Å². The van der Waals surface area contributed by atoms with E-state index in [4.69, 9.17) is 4.74 Å². The summed E-state index contributed by atoms with van der Waals surface area (Å²) in [5, 5.41) is 20.8. The van der Waals surface area contributed by atoms with Crippen molar-refractivity contribution in [1.82, 2.24) is 30.1 Å². The molecule has 1 aliphatic heterocycles. The molecular formula is C20H36N6O4. The summed E-state index contributed by atoms with van der Waals surface area (Å²) in [7, 11) is 1.73. The van der Waals surface area contributed by atoms with Crippen LogP contribution in [-0.2, 0) is 22.7 Å². The normalized spacial score (nSPS) is 22.1. The second kappa shape index (κ2) is 11.3. The molecule has 0 spiro atoms. The van der Waals surface area contributed by atoms with Gasteiger partial charge < -0.3 is 25.0 Å². The highest BCUT2D eigenvalue weighted by molar-refractivity contribution is 5.76. The molecule has 170 valence electrons. The molecule has 0 fully saturated rings. The topological polar surface area (TPSA) is 113 Å². The number of rotatable bonds is 5. The van der Waals surface area contributed by atoms with Crippen molar-refractivity contribution in [2.75, 3.05) is 26.7 Å². The molecule has 0 saturated heterocycles. The molecule has 2 bridgehead atoms. The molecule has 2 N–H and O–H groups in total. The van der Waals surface area contributed by atoms with Crippen molar-refractivity contribution in [2.45, 2.75) is 71.9 Å². The second-order valence-corrected chi connectivity index (χ2v) is 8.47. The predicted octanol–water partition coefficient (Wildman–Crippen LogP) is 0.852. The molecule has 0 aromatic carbocycles. The van der Waals surface area contributed by atoms with E-state index in [-0.39, 0.29) is 49.3 Å². The maximum Gasteiger partial charge on any atom is 0.317 e. The summed E-state index contributed by atoms with van der Waals surface area (Å²) in [5.41, 5.74) is 0.715. The van der Waals surface area contributed by atoms with E-state index in [1.807, 2.05) is 33.9 Å². The Morgan fingerprint density at radius 1 is 1.43 bits per heavy atom. The van der Waals surface area contributed by atoms with Gasteiger partial charge in [-0.15, -0.1) is 5.10 Å². The summed E-state index contributed by atoms with van der Waals surface area (Å²) in [6.45, 7) is 9.23. The first-order valence-electron chi connectivity index (χ1n) is 10.6. The predicted molar refractivity (Wildman–Crippen MR) is 112 cm³/mol. The lowest BCUT2D eigenvalue weighted by molar-refractivity contribution is -0.136. The van der Waals surface area contributed by atoms with Gasteiger partial charge in [-0.25, -0.2) is 4.79 Å². The zero-order chi connectivity index (χ0) is 22.3. The number of likely N-dealkylation sites (N-methyl/N-ethyl adjacent to an activating group) is 1. The summed E-state index contributed by atoms with van der Waals surface area (Å²) in [5.74, 6) is -0.0688. The molecule has 30 heavy (non-hydrogen) atoms. The van der Waals surface area contributed by atoms with Gasteiger partial charge in [0.05, 0.1) is 31.6 Å². The first-order chi connectivity index (χ1) is 14.2. The van der Waals surface area contributed by atoms with E-state index in [2.05, 4.69) is 15.6 Å². The maximum absolute atomic E-state index is 12.8. The molecule has 0 saturated carbocycles. The quantitative estimate of drug-likeness (QED) is 0.725. The van der Waals surface area contributed by atoms with Gasteiger partial charge in [0.25, 0.3) is 0 Å². The van der Waals surface area contributed by atoms with Crippen molar-refractivity contribution in [1.29, 1.82) is 0 Å². The number of aryl methyl sites for hydroxylation is 1. The summed E-state index contributed by atoms with van der Waals surface area (Å²) in [6, 6.07) is -0.427. The van der Waals surface area contributed by atoms with Crippen molar-refractivity contribution in [2.24, 2.45) is 5.92 Å². The van der Waals surface area contributed by atoms with Gasteiger partial charge in [-0.2, -0.15) is 0 Å². The van der Waals surface area contributed by atoms with Crippen LogP contribution < -0.4 is 5.32 Å². The minimum Gasteiger partial charge on any atom is -0.394 e. The molecule has 2 heterocycles. The van der Waals surface area contributed by atoms with Gasteiger partial charge >= 0.3 is 6.03 Å². The van der Waals surface area contributed by atoms with Crippen LogP contribution in [0.2, 0.25) is 0 Å². The van der Waals surface area contributed by atoms with E-state index in [9.17, 15) is 14.7 Å². The number of carbonyl (C=O) groups excluding carboxylic acids is 2. The maximum atomic E-state index is 12.8. The summed E-state index contributed by atoms with van der Waals surface area (Å²) < 4.78 is 7.86. The molecule has 2 rings (SSSR count). The minimum absolute atomic E-state index is 0.00681. The van der Waals surface area contributed by atoms with E-state index < -0.39 is 0 Å². The first-order valence-corrected chi connectivity index (χ1v) is 10.6. The van der Waals surface area contributed by atoms with Crippen LogP contribution in [0.1, 0.15) is 46.2 Å². The van der Waals surface area contributed by atoms with E-state index >= 15 is 0 Å². The van der Waals surface area contributed by atoms with Crippen LogP contribution in [0.4, 0.5) is 4.79 Å². The number of aliphatic hydroxyl groups is 1. The number of ether oxygens (including phenoxy) is 1. The molecule has 10 nitrogen and oxygen atoms in total. The van der Waals surface area contributed by atoms with Crippen molar-refractivity contribution in [3.05, 3.63) is 11.9 Å². The largest absolute Gasteiger partial charge is 0.394 e. The molecule has 10 heteroatoms. The number of urea groups is 1. The Balaban J connectivity index is 2.21. The van der Waals surface area contributed by atoms with E-state index in [0.29, 0.717) is 38.2 Å². The molecule has 1 aliphatic rings. The summed E-state index contributed by atoms with van der Waals surface area (Å²) >= 11 is 0. The van der Waals surface area contributed by atoms with Crippen LogP contribution in [0.25, 0.3) is 0 Å². The smallest absolute Gasteiger partial charge is 0.317 e. The third-order valence-corrected chi connectivity index (χ3v) is 5.26. The average Bonchev–Trinajstić information content (AvgIpc) is 3.14. The Bertz CT molecular complexity index is 695.